The van der Waals surface area contributed by atoms with Crippen molar-refractivity contribution < 1.29 is 9.72 Å². The van der Waals surface area contributed by atoms with Gasteiger partial charge in [0, 0.05) is 47.6 Å². The number of non-ortho nitro benzene ring substituents is 1. The Morgan fingerprint density at radius 2 is 1.92 bits per heavy atom. The third-order valence-corrected chi connectivity index (χ3v) is 4.96. The molecule has 0 spiro atoms. The topological polar surface area (TPSA) is 63.5 Å². The highest BCUT2D eigenvalue weighted by Crippen LogP contribution is 2.46. The molecule has 2 aromatic carbocycles. The molecule has 3 rings (SSSR count). The molecule has 0 aromatic heterocycles. The molecule has 0 amide bonds. The molecule has 0 atom stereocenters. The van der Waals surface area contributed by atoms with E-state index in [9.17, 15) is 14.9 Å². The van der Waals surface area contributed by atoms with Gasteiger partial charge in [-0.1, -0.05) is 43.6 Å². The number of anilines is 1. The Labute approximate surface area is 150 Å². The van der Waals surface area contributed by atoms with Gasteiger partial charge in [-0.25, -0.2) is 0 Å². The number of rotatable bonds is 3. The molecule has 0 fully saturated rings. The predicted octanol–water partition coefficient (Wildman–Crippen LogP) is 4.74. The van der Waals surface area contributed by atoms with Gasteiger partial charge in [0.1, 0.15) is 0 Å². The van der Waals surface area contributed by atoms with Crippen LogP contribution >= 0.6 is 11.6 Å². The van der Waals surface area contributed by atoms with E-state index in [2.05, 4.69) is 0 Å². The van der Waals surface area contributed by atoms with Gasteiger partial charge in [0.25, 0.3) is 5.69 Å². The highest BCUT2D eigenvalue weighted by molar-refractivity contribution is 6.34. The number of benzene rings is 2. The number of nitro groups is 1. The number of ketones is 1. The molecular weight excluding hydrogens is 340 g/mol. The largest absolute Gasteiger partial charge is 0.347 e. The number of halogens is 1. The predicted molar refractivity (Wildman–Crippen MR) is 98.4 cm³/mol. The normalized spacial score (nSPS) is 16.8. The van der Waals surface area contributed by atoms with Gasteiger partial charge in [0.2, 0.25) is 0 Å². The lowest BCUT2D eigenvalue weighted by Gasteiger charge is -2.24. The van der Waals surface area contributed by atoms with Crippen molar-refractivity contribution in [1.82, 2.24) is 0 Å². The molecule has 25 heavy (non-hydrogen) atoms. The molecule has 0 saturated carbocycles. The maximum absolute atomic E-state index is 12.8. The fourth-order valence-corrected chi connectivity index (χ4v) is 3.49. The SMILES string of the molecule is CN1/C(=C/C(=O)c2cc([N+](=O)[O-])ccc2Cl)C(C)(C)c2ccccc21. The van der Waals surface area contributed by atoms with E-state index in [-0.39, 0.29) is 27.5 Å². The molecule has 0 saturated heterocycles. The Morgan fingerprint density at radius 1 is 1.24 bits per heavy atom. The average molecular weight is 357 g/mol. The number of allylic oxidation sites excluding steroid dienone is 2. The van der Waals surface area contributed by atoms with Crippen molar-refractivity contribution in [2.24, 2.45) is 0 Å². The second-order valence-electron chi connectivity index (χ2n) is 6.52. The second-order valence-corrected chi connectivity index (χ2v) is 6.92. The quantitative estimate of drug-likeness (QED) is 0.345. The zero-order chi connectivity index (χ0) is 18.4. The van der Waals surface area contributed by atoms with Crippen LogP contribution in [0, 0.1) is 10.1 Å². The summed E-state index contributed by atoms with van der Waals surface area (Å²) >= 11 is 6.09. The summed E-state index contributed by atoms with van der Waals surface area (Å²) in [6.45, 7) is 4.09. The molecule has 0 bridgehead atoms. The van der Waals surface area contributed by atoms with Crippen LogP contribution in [0.2, 0.25) is 5.02 Å². The number of hydrogen-bond donors (Lipinski definition) is 0. The van der Waals surface area contributed by atoms with Crippen LogP contribution < -0.4 is 4.90 Å². The summed E-state index contributed by atoms with van der Waals surface area (Å²) in [4.78, 5) is 25.2. The highest BCUT2D eigenvalue weighted by Gasteiger charge is 2.38. The van der Waals surface area contributed by atoms with Crippen LogP contribution in [0.1, 0.15) is 29.8 Å². The van der Waals surface area contributed by atoms with Crippen molar-refractivity contribution in [2.75, 3.05) is 11.9 Å². The number of nitro benzene ring substituents is 1. The number of fused-ring (bicyclic) bond motifs is 1. The summed E-state index contributed by atoms with van der Waals surface area (Å²) < 4.78 is 0. The summed E-state index contributed by atoms with van der Waals surface area (Å²) in [5.74, 6) is -0.351. The lowest BCUT2D eigenvalue weighted by molar-refractivity contribution is -0.384. The molecule has 1 aliphatic heterocycles. The van der Waals surface area contributed by atoms with Crippen molar-refractivity contribution in [3.8, 4) is 0 Å². The van der Waals surface area contributed by atoms with Gasteiger partial charge in [-0.05, 0) is 17.7 Å². The molecule has 0 unspecified atom stereocenters. The number of para-hydroxylation sites is 1. The van der Waals surface area contributed by atoms with Crippen molar-refractivity contribution in [1.29, 1.82) is 0 Å². The Morgan fingerprint density at radius 3 is 2.56 bits per heavy atom. The number of carbonyl (C=O) groups excluding carboxylic acids is 1. The van der Waals surface area contributed by atoms with Crippen LogP contribution in [-0.2, 0) is 5.41 Å². The van der Waals surface area contributed by atoms with Crippen LogP contribution in [0.5, 0.6) is 0 Å². The molecule has 128 valence electrons. The fourth-order valence-electron chi connectivity index (χ4n) is 3.28. The summed E-state index contributed by atoms with van der Waals surface area (Å²) in [5, 5.41) is 11.2. The lowest BCUT2D eigenvalue weighted by Crippen LogP contribution is -2.24. The zero-order valence-electron chi connectivity index (χ0n) is 14.1. The van der Waals surface area contributed by atoms with Crippen molar-refractivity contribution >= 4 is 28.8 Å². The van der Waals surface area contributed by atoms with E-state index < -0.39 is 4.92 Å². The summed E-state index contributed by atoms with van der Waals surface area (Å²) in [6, 6.07) is 11.8. The van der Waals surface area contributed by atoms with Gasteiger partial charge in [-0.15, -0.1) is 0 Å². The van der Waals surface area contributed by atoms with Crippen LogP contribution in [0.3, 0.4) is 0 Å². The molecule has 6 heteroatoms. The Kier molecular flexibility index (Phi) is 4.13. The number of hydrogen-bond acceptors (Lipinski definition) is 4. The maximum Gasteiger partial charge on any atom is 0.270 e. The Hall–Kier alpha value is -2.66. The Balaban J connectivity index is 2.06. The van der Waals surface area contributed by atoms with E-state index in [1.807, 2.05) is 50.1 Å². The summed E-state index contributed by atoms with van der Waals surface area (Å²) in [6.07, 6.45) is 1.52. The monoisotopic (exact) mass is 356 g/mol. The molecule has 1 heterocycles. The first-order valence-corrected chi connectivity index (χ1v) is 8.15. The minimum absolute atomic E-state index is 0.128. The zero-order valence-corrected chi connectivity index (χ0v) is 14.9. The molecule has 0 radical (unpaired) electrons. The van der Waals surface area contributed by atoms with Crippen LogP contribution in [0.15, 0.2) is 54.2 Å². The van der Waals surface area contributed by atoms with Crippen LogP contribution in [0.25, 0.3) is 0 Å². The molecular formula is C19H17ClN2O3. The average Bonchev–Trinajstić information content (AvgIpc) is 2.76. The fraction of sp³-hybridized carbons (Fsp3) is 0.211. The molecule has 0 aliphatic carbocycles. The lowest BCUT2D eigenvalue weighted by atomic mass is 9.83. The van der Waals surface area contributed by atoms with Gasteiger partial charge in [0.15, 0.2) is 5.78 Å². The minimum Gasteiger partial charge on any atom is -0.347 e. The minimum atomic E-state index is -0.540. The second kappa shape index (κ2) is 6.01. The van der Waals surface area contributed by atoms with Gasteiger partial charge in [0.05, 0.1) is 9.95 Å². The van der Waals surface area contributed by atoms with Crippen molar-refractivity contribution in [2.45, 2.75) is 19.3 Å². The van der Waals surface area contributed by atoms with E-state index >= 15 is 0 Å². The number of carbonyl (C=O) groups is 1. The standard InChI is InChI=1S/C19H17ClN2O3/c1-19(2)14-6-4-5-7-16(14)21(3)18(19)11-17(23)13-10-12(22(24)25)8-9-15(13)20/h4-11H,1-3H3/b18-11+. The third kappa shape index (κ3) is 2.81. The van der Waals surface area contributed by atoms with Crippen molar-refractivity contribution in [3.63, 3.8) is 0 Å². The van der Waals surface area contributed by atoms with Gasteiger partial charge in [-0.3, -0.25) is 14.9 Å². The van der Waals surface area contributed by atoms with E-state index in [1.165, 1.54) is 24.3 Å². The van der Waals surface area contributed by atoms with Crippen LogP contribution in [0.4, 0.5) is 11.4 Å². The van der Waals surface area contributed by atoms with E-state index in [4.69, 9.17) is 11.6 Å². The van der Waals surface area contributed by atoms with E-state index in [0.29, 0.717) is 0 Å². The smallest absolute Gasteiger partial charge is 0.270 e. The summed E-state index contributed by atoms with van der Waals surface area (Å²) in [5.41, 5.74) is 2.60. The molecule has 2 aromatic rings. The van der Waals surface area contributed by atoms with Crippen molar-refractivity contribution in [3.05, 3.63) is 80.5 Å². The van der Waals surface area contributed by atoms with Gasteiger partial charge in [-0.2, -0.15) is 0 Å². The molecule has 1 aliphatic rings. The van der Waals surface area contributed by atoms with Gasteiger partial charge < -0.3 is 4.90 Å². The Bertz CT molecular complexity index is 919. The first-order valence-electron chi connectivity index (χ1n) is 7.77. The molecule has 0 N–H and O–H groups in total. The van der Waals surface area contributed by atoms with Crippen LogP contribution in [-0.4, -0.2) is 17.8 Å². The van der Waals surface area contributed by atoms with E-state index in [0.717, 1.165) is 16.9 Å². The maximum atomic E-state index is 12.8. The van der Waals surface area contributed by atoms with Gasteiger partial charge >= 0.3 is 0 Å². The third-order valence-electron chi connectivity index (χ3n) is 4.63. The molecule has 5 nitrogen and oxygen atoms in total. The first kappa shape index (κ1) is 17.2. The first-order chi connectivity index (χ1) is 11.7. The summed E-state index contributed by atoms with van der Waals surface area (Å²) in [7, 11) is 1.90. The number of likely N-dealkylation sites (N-methyl/N-ethyl adjacent to an activating group) is 1. The van der Waals surface area contributed by atoms with E-state index in [1.54, 1.807) is 0 Å². The number of nitrogens with zero attached hydrogens (tertiary/aromatic N) is 2. The highest BCUT2D eigenvalue weighted by atomic mass is 35.5.